The quantitative estimate of drug-likeness (QED) is 0.350. The second-order valence-corrected chi connectivity index (χ2v) is 14.4. The Labute approximate surface area is 284 Å². The molecule has 2 saturated carbocycles. The zero-order valence-corrected chi connectivity index (χ0v) is 28.9. The number of amides is 2. The van der Waals surface area contributed by atoms with Gasteiger partial charge in [-0.05, 0) is 113 Å². The molecule has 0 spiro atoms. The van der Waals surface area contributed by atoms with Gasteiger partial charge in [-0.15, -0.1) is 0 Å². The maximum absolute atomic E-state index is 14.4. The molecule has 0 atom stereocenters. The van der Waals surface area contributed by atoms with E-state index in [0.29, 0.717) is 69.0 Å². The van der Waals surface area contributed by atoms with Gasteiger partial charge in [-0.3, -0.25) is 14.7 Å². The molecule has 260 valence electrons. The van der Waals surface area contributed by atoms with Gasteiger partial charge in [0.2, 0.25) is 5.91 Å². The van der Waals surface area contributed by atoms with Crippen molar-refractivity contribution in [1.82, 2.24) is 25.3 Å². The first-order chi connectivity index (χ1) is 23.2. The summed E-state index contributed by atoms with van der Waals surface area (Å²) in [5, 5.41) is 11.4. The van der Waals surface area contributed by atoms with Crippen molar-refractivity contribution in [1.29, 1.82) is 0 Å². The number of aliphatic hydroxyl groups excluding tert-OH is 1. The summed E-state index contributed by atoms with van der Waals surface area (Å²) in [6.07, 6.45) is 10.3. The van der Waals surface area contributed by atoms with Crippen LogP contribution in [0.2, 0.25) is 0 Å². The molecule has 2 aromatic heterocycles. The smallest absolute Gasteiger partial charge is 0.410 e. The van der Waals surface area contributed by atoms with Gasteiger partial charge in [0, 0.05) is 74.7 Å². The van der Waals surface area contributed by atoms with E-state index in [2.05, 4.69) is 42.6 Å². The molecular formula is C37H52N6O5. The third-order valence-electron chi connectivity index (χ3n) is 10.7. The van der Waals surface area contributed by atoms with E-state index in [1.807, 2.05) is 30.2 Å². The number of nitrogens with one attached hydrogen (secondary N) is 1. The molecule has 0 radical (unpaired) electrons. The van der Waals surface area contributed by atoms with Crippen molar-refractivity contribution in [2.24, 2.45) is 17.8 Å². The summed E-state index contributed by atoms with van der Waals surface area (Å²) in [6.45, 7) is 8.86. The molecule has 1 saturated heterocycles. The first-order valence-corrected chi connectivity index (χ1v) is 17.8. The van der Waals surface area contributed by atoms with E-state index in [-0.39, 0.29) is 36.5 Å². The fourth-order valence-corrected chi connectivity index (χ4v) is 7.62. The van der Waals surface area contributed by atoms with Gasteiger partial charge in [-0.1, -0.05) is 0 Å². The highest BCUT2D eigenvalue weighted by Crippen LogP contribution is 2.38. The predicted molar refractivity (Wildman–Crippen MR) is 184 cm³/mol. The molecule has 4 aliphatic rings. The zero-order chi connectivity index (χ0) is 33.8. The lowest BCUT2D eigenvalue weighted by Gasteiger charge is -2.39. The molecule has 0 bridgehead atoms. The number of aryl methyl sites for hydroxylation is 1. The van der Waals surface area contributed by atoms with E-state index in [9.17, 15) is 14.7 Å². The lowest BCUT2D eigenvalue weighted by Crippen LogP contribution is -2.52. The van der Waals surface area contributed by atoms with Crippen LogP contribution in [-0.2, 0) is 9.53 Å². The van der Waals surface area contributed by atoms with Gasteiger partial charge in [0.15, 0.2) is 0 Å². The molecule has 11 nitrogen and oxygen atoms in total. The van der Waals surface area contributed by atoms with Crippen molar-refractivity contribution in [2.45, 2.75) is 90.2 Å². The average molecular weight is 661 g/mol. The molecule has 2 aromatic rings. The number of likely N-dealkylation sites (tertiary alicyclic amines) is 1. The molecule has 6 rings (SSSR count). The van der Waals surface area contributed by atoms with Crippen LogP contribution in [0.25, 0.3) is 5.57 Å². The molecule has 2 aliphatic carbocycles. The Morgan fingerprint density at radius 3 is 2.44 bits per heavy atom. The number of methoxy groups -OCH3 is 1. The number of nitrogens with zero attached hydrogens (tertiary/aromatic N) is 5. The minimum Gasteiger partial charge on any atom is -0.495 e. The summed E-state index contributed by atoms with van der Waals surface area (Å²) in [7, 11) is 1.68. The van der Waals surface area contributed by atoms with Crippen molar-refractivity contribution < 1.29 is 24.2 Å². The zero-order valence-electron chi connectivity index (χ0n) is 28.9. The molecule has 3 fully saturated rings. The minimum atomic E-state index is -0.306. The Hall–Kier alpha value is -3.70. The minimum absolute atomic E-state index is 0.0944. The highest BCUT2D eigenvalue weighted by Gasteiger charge is 2.37. The van der Waals surface area contributed by atoms with Crippen molar-refractivity contribution in [2.75, 3.05) is 44.8 Å². The van der Waals surface area contributed by atoms with E-state index in [1.54, 1.807) is 12.0 Å². The van der Waals surface area contributed by atoms with Crippen molar-refractivity contribution in [3.63, 3.8) is 0 Å². The third kappa shape index (κ3) is 7.78. The van der Waals surface area contributed by atoms with E-state index >= 15 is 0 Å². The predicted octanol–water partition coefficient (Wildman–Crippen LogP) is 5.29. The maximum Gasteiger partial charge on any atom is 0.410 e. The number of hydrazine groups is 1. The molecule has 0 aromatic carbocycles. The Kier molecular flexibility index (Phi) is 10.9. The average Bonchev–Trinajstić information content (AvgIpc) is 3.58. The van der Waals surface area contributed by atoms with Gasteiger partial charge in [0.1, 0.15) is 17.7 Å². The largest absolute Gasteiger partial charge is 0.495 e. The number of aliphatic hydroxyl groups is 1. The van der Waals surface area contributed by atoms with Crippen molar-refractivity contribution >= 4 is 23.4 Å². The van der Waals surface area contributed by atoms with E-state index in [4.69, 9.17) is 19.4 Å². The molecule has 4 heterocycles. The number of anilines is 1. The molecule has 2 amide bonds. The number of aromatic nitrogens is 2. The van der Waals surface area contributed by atoms with Crippen molar-refractivity contribution in [3.8, 4) is 5.75 Å². The van der Waals surface area contributed by atoms with Crippen LogP contribution in [0.5, 0.6) is 5.75 Å². The normalized spacial score (nSPS) is 24.7. The number of carbonyl (C=O) groups is 2. The fraction of sp³-hybridized carbons (Fsp3) is 0.622. The number of rotatable bonds is 10. The van der Waals surface area contributed by atoms with Gasteiger partial charge >= 0.3 is 6.09 Å². The molecule has 2 aliphatic heterocycles. The number of ether oxygens (including phenoxy) is 2. The first-order valence-electron chi connectivity index (χ1n) is 17.8. The Bertz CT molecular complexity index is 1460. The highest BCUT2D eigenvalue weighted by atomic mass is 16.6. The number of hydrogen-bond donors (Lipinski definition) is 2. The third-order valence-corrected chi connectivity index (χ3v) is 10.7. The topological polar surface area (TPSA) is 120 Å². The van der Waals surface area contributed by atoms with Gasteiger partial charge in [0.05, 0.1) is 12.8 Å². The van der Waals surface area contributed by atoms with Crippen LogP contribution in [0.3, 0.4) is 0 Å². The summed E-state index contributed by atoms with van der Waals surface area (Å²) in [6, 6.07) is 8.56. The second-order valence-electron chi connectivity index (χ2n) is 14.4. The monoisotopic (exact) mass is 660 g/mol. The summed E-state index contributed by atoms with van der Waals surface area (Å²) < 4.78 is 11.2. The Balaban J connectivity index is 1.13. The van der Waals surface area contributed by atoms with Gasteiger partial charge < -0.3 is 24.5 Å². The van der Waals surface area contributed by atoms with Crippen LogP contribution >= 0.6 is 0 Å². The lowest BCUT2D eigenvalue weighted by molar-refractivity contribution is -0.124. The summed E-state index contributed by atoms with van der Waals surface area (Å²) in [5.41, 5.74) is 7.73. The summed E-state index contributed by atoms with van der Waals surface area (Å²) in [5.74, 6) is 2.44. The van der Waals surface area contributed by atoms with Crippen LogP contribution in [-0.4, -0.2) is 89.0 Å². The lowest BCUT2D eigenvalue weighted by atomic mass is 9.79. The second kappa shape index (κ2) is 15.2. The highest BCUT2D eigenvalue weighted by molar-refractivity contribution is 5.94. The standard InChI is InChI=1S/C37H52N6O5/c1-24(2)43-22-31(18-39-43)30-15-16-38-35(17-30)42(21-26-5-7-28(8-6-26)33-13-14-34(47-4)25(3)40-33)36(45)29-9-11-32(12-10-29)48-37(46)41-19-27(20-41)23-44/h13-17,22,24,26-29,32,39,44H,5-12,18-21,23H2,1-4H3/t26-,28-,29-,32-. The van der Waals surface area contributed by atoms with Gasteiger partial charge in [-0.2, -0.15) is 0 Å². The first kappa shape index (κ1) is 34.2. The van der Waals surface area contributed by atoms with Crippen molar-refractivity contribution in [3.05, 3.63) is 53.6 Å². The SMILES string of the molecule is COc1ccc([C@H]2CC[C@H](CN(c3cc(C4=CN(C(C)C)NC4)ccn3)C(=O)[C@H]3CC[C@H](OC(=O)N4CC(CO)C4)CC3)CC2)nc1C. The molecule has 48 heavy (non-hydrogen) atoms. The molecular weight excluding hydrogens is 608 g/mol. The van der Waals surface area contributed by atoms with E-state index in [1.165, 1.54) is 5.57 Å². The summed E-state index contributed by atoms with van der Waals surface area (Å²) in [4.78, 5) is 40.2. The number of hydrogen-bond acceptors (Lipinski definition) is 9. The maximum atomic E-state index is 14.4. The number of carbonyl (C=O) groups excluding carboxylic acids is 2. The van der Waals surface area contributed by atoms with Crippen LogP contribution in [0.4, 0.5) is 10.6 Å². The molecule has 0 unspecified atom stereocenters. The van der Waals surface area contributed by atoms with Crippen LogP contribution < -0.4 is 15.1 Å². The number of pyridine rings is 2. The van der Waals surface area contributed by atoms with Crippen LogP contribution in [0.15, 0.2) is 36.7 Å². The van der Waals surface area contributed by atoms with E-state index in [0.717, 1.165) is 54.9 Å². The molecule has 11 heteroatoms. The Morgan fingerprint density at radius 1 is 1.04 bits per heavy atom. The van der Waals surface area contributed by atoms with Gasteiger partial charge in [-0.25, -0.2) is 15.2 Å². The fourth-order valence-electron chi connectivity index (χ4n) is 7.62. The molecule has 2 N–H and O–H groups in total. The van der Waals surface area contributed by atoms with Crippen LogP contribution in [0.1, 0.15) is 88.1 Å². The van der Waals surface area contributed by atoms with Crippen LogP contribution in [0, 0.1) is 24.7 Å². The van der Waals surface area contributed by atoms with E-state index < -0.39 is 0 Å². The Morgan fingerprint density at radius 2 is 1.79 bits per heavy atom. The summed E-state index contributed by atoms with van der Waals surface area (Å²) >= 11 is 0. The van der Waals surface area contributed by atoms with Gasteiger partial charge in [0.25, 0.3) is 0 Å².